The summed E-state index contributed by atoms with van der Waals surface area (Å²) >= 11 is 6.13. The predicted octanol–water partition coefficient (Wildman–Crippen LogP) is 6.47. The van der Waals surface area contributed by atoms with Crippen molar-refractivity contribution in [2.75, 3.05) is 53.7 Å². The number of rotatable bonds is 7. The number of hydrogen-bond donors (Lipinski definition) is 3. The molecule has 2 saturated heterocycles. The molecular weight excluding hydrogens is 624 g/mol. The van der Waals surface area contributed by atoms with E-state index in [1.807, 2.05) is 24.3 Å². The first-order valence-electron chi connectivity index (χ1n) is 14.5. The number of nitrogens with one attached hydrogen (secondary N) is 2. The average Bonchev–Trinajstić information content (AvgIpc) is 3.53. The van der Waals surface area contributed by atoms with Crippen molar-refractivity contribution < 1.29 is 23.8 Å². The highest BCUT2D eigenvalue weighted by atomic mass is 35.5. The molecule has 2 fully saturated rings. The Hall–Kier alpha value is -3.87. The molecule has 0 spiro atoms. The van der Waals surface area contributed by atoms with Crippen molar-refractivity contribution in [3.05, 3.63) is 65.1 Å². The number of amides is 2. The second-order valence-corrected chi connectivity index (χ2v) is 12.4. The monoisotopic (exact) mass is 661 g/mol. The molecule has 45 heavy (non-hydrogen) atoms. The topological polar surface area (TPSA) is 123 Å². The Labute approximate surface area is 273 Å². The maximum atomic E-state index is 14.4. The van der Waals surface area contributed by atoms with E-state index in [0.29, 0.717) is 32.1 Å². The van der Waals surface area contributed by atoms with E-state index in [2.05, 4.69) is 46.3 Å². The summed E-state index contributed by atoms with van der Waals surface area (Å²) in [5.41, 5.74) is 1.51. The molecule has 0 aliphatic carbocycles. The highest BCUT2D eigenvalue weighted by Crippen LogP contribution is 2.32. The standard InChI is InChI=1S/C31H37ClFN7O4.ClH/c1-31(2,3)24-18-39(14-15-40(24)30(42)43)20-12-10-19(11-13-20)35-29-34-17-21(27(37-29)38(4)25-9-6-16-44-25)28(41)36-26-22(32)7-5-8-23(26)33;/h5,7-8,10-13,17,24-25H,6,9,14-16,18H2,1-4H3,(H,36,41)(H,42,43)(H,34,35,37);1H. The number of para-hydroxylation sites is 1. The van der Waals surface area contributed by atoms with E-state index in [9.17, 15) is 19.1 Å². The highest BCUT2D eigenvalue weighted by molar-refractivity contribution is 6.34. The molecule has 5 rings (SSSR count). The summed E-state index contributed by atoms with van der Waals surface area (Å²) in [4.78, 5) is 39.7. The van der Waals surface area contributed by atoms with Gasteiger partial charge in [0.05, 0.1) is 16.8 Å². The van der Waals surface area contributed by atoms with Crippen molar-refractivity contribution in [3.8, 4) is 0 Å². The lowest BCUT2D eigenvalue weighted by Gasteiger charge is -2.46. The summed E-state index contributed by atoms with van der Waals surface area (Å²) in [5.74, 6) is -0.675. The third-order valence-corrected chi connectivity index (χ3v) is 8.32. The number of anilines is 5. The number of carboxylic acid groups (broad SMARTS) is 1. The van der Waals surface area contributed by atoms with Gasteiger partial charge in [-0.25, -0.2) is 14.2 Å². The number of ether oxygens (including phenoxy) is 1. The van der Waals surface area contributed by atoms with E-state index in [1.165, 1.54) is 29.3 Å². The zero-order valence-corrected chi connectivity index (χ0v) is 27.2. The van der Waals surface area contributed by atoms with Gasteiger partial charge in [-0.3, -0.25) is 4.79 Å². The van der Waals surface area contributed by atoms with E-state index in [4.69, 9.17) is 16.3 Å². The van der Waals surface area contributed by atoms with Crippen molar-refractivity contribution >= 4 is 64.8 Å². The lowest BCUT2D eigenvalue weighted by molar-refractivity contribution is 0.0748. The van der Waals surface area contributed by atoms with Gasteiger partial charge in [-0.1, -0.05) is 38.4 Å². The molecule has 0 radical (unpaired) electrons. The Morgan fingerprint density at radius 3 is 2.51 bits per heavy atom. The Morgan fingerprint density at radius 1 is 1.16 bits per heavy atom. The van der Waals surface area contributed by atoms with E-state index >= 15 is 0 Å². The number of piperazine rings is 1. The summed E-state index contributed by atoms with van der Waals surface area (Å²) in [6, 6.07) is 11.8. The molecule has 3 heterocycles. The molecule has 2 amide bonds. The average molecular weight is 663 g/mol. The molecule has 2 aliphatic rings. The Balaban J connectivity index is 0.00000461. The minimum Gasteiger partial charge on any atom is -0.465 e. The van der Waals surface area contributed by atoms with Crippen LogP contribution in [0.4, 0.5) is 38.0 Å². The first kappa shape index (κ1) is 34.0. The molecule has 11 nitrogen and oxygen atoms in total. The van der Waals surface area contributed by atoms with Crippen LogP contribution in [0.2, 0.25) is 5.02 Å². The molecule has 2 aliphatic heterocycles. The molecule has 2 unspecified atom stereocenters. The van der Waals surface area contributed by atoms with E-state index in [-0.39, 0.29) is 52.3 Å². The number of aromatic nitrogens is 2. The smallest absolute Gasteiger partial charge is 0.407 e. The van der Waals surface area contributed by atoms with Gasteiger partial charge < -0.3 is 35.2 Å². The zero-order valence-electron chi connectivity index (χ0n) is 25.6. The van der Waals surface area contributed by atoms with Crippen LogP contribution in [0.5, 0.6) is 0 Å². The SMILES string of the molecule is CN(c1nc(Nc2ccc(N3CCN(C(=O)O)C(C(C)(C)C)C3)cc2)ncc1C(=O)Nc1c(F)cccc1Cl)C1CCCO1.Cl. The van der Waals surface area contributed by atoms with E-state index in [0.717, 1.165) is 24.2 Å². The van der Waals surface area contributed by atoms with Crippen LogP contribution < -0.4 is 20.4 Å². The highest BCUT2D eigenvalue weighted by Gasteiger charge is 2.38. The quantitative estimate of drug-likeness (QED) is 0.261. The van der Waals surface area contributed by atoms with Crippen LogP contribution in [0.25, 0.3) is 0 Å². The maximum absolute atomic E-state index is 14.4. The fourth-order valence-electron chi connectivity index (χ4n) is 5.54. The van der Waals surface area contributed by atoms with Crippen molar-refractivity contribution in [2.45, 2.75) is 45.9 Å². The Bertz CT molecular complexity index is 1500. The molecule has 242 valence electrons. The van der Waals surface area contributed by atoms with Gasteiger partial charge in [-0.2, -0.15) is 4.98 Å². The second kappa shape index (κ2) is 14.1. The van der Waals surface area contributed by atoms with Gasteiger partial charge in [0.1, 0.15) is 23.4 Å². The molecular formula is C31H38Cl2FN7O4. The van der Waals surface area contributed by atoms with Crippen LogP contribution in [-0.2, 0) is 4.74 Å². The van der Waals surface area contributed by atoms with Crippen molar-refractivity contribution in [2.24, 2.45) is 5.41 Å². The summed E-state index contributed by atoms with van der Waals surface area (Å²) in [7, 11) is 1.79. The third kappa shape index (κ3) is 7.69. The molecule has 2 atom stereocenters. The van der Waals surface area contributed by atoms with Crippen LogP contribution in [0.1, 0.15) is 44.0 Å². The molecule has 2 aromatic carbocycles. The fraction of sp³-hybridized carbons (Fsp3) is 0.419. The van der Waals surface area contributed by atoms with Gasteiger partial charge in [0.25, 0.3) is 5.91 Å². The number of nitrogens with zero attached hydrogens (tertiary/aromatic N) is 5. The molecule has 1 aromatic heterocycles. The van der Waals surface area contributed by atoms with E-state index in [1.54, 1.807) is 11.9 Å². The summed E-state index contributed by atoms with van der Waals surface area (Å²) in [6.45, 7) is 8.37. The molecule has 0 saturated carbocycles. The van der Waals surface area contributed by atoms with Crippen molar-refractivity contribution in [3.63, 3.8) is 0 Å². The van der Waals surface area contributed by atoms with Gasteiger partial charge >= 0.3 is 6.09 Å². The minimum atomic E-state index is -0.895. The summed E-state index contributed by atoms with van der Waals surface area (Å²) < 4.78 is 20.2. The van der Waals surface area contributed by atoms with Crippen molar-refractivity contribution in [1.82, 2.24) is 14.9 Å². The van der Waals surface area contributed by atoms with Gasteiger partial charge in [-0.15, -0.1) is 12.4 Å². The second-order valence-electron chi connectivity index (χ2n) is 12.0. The van der Waals surface area contributed by atoms with Gasteiger partial charge in [-0.05, 0) is 54.7 Å². The van der Waals surface area contributed by atoms with Gasteiger partial charge in [0.2, 0.25) is 5.95 Å². The molecule has 0 bridgehead atoms. The number of carbonyl (C=O) groups is 2. The minimum absolute atomic E-state index is 0. The summed E-state index contributed by atoms with van der Waals surface area (Å²) in [5, 5.41) is 15.5. The first-order chi connectivity index (χ1) is 20.9. The van der Waals surface area contributed by atoms with E-state index < -0.39 is 17.8 Å². The van der Waals surface area contributed by atoms with Crippen LogP contribution in [0, 0.1) is 11.2 Å². The third-order valence-electron chi connectivity index (χ3n) is 8.00. The van der Waals surface area contributed by atoms with Crippen LogP contribution >= 0.6 is 24.0 Å². The zero-order chi connectivity index (χ0) is 31.6. The fourth-order valence-corrected chi connectivity index (χ4v) is 5.75. The molecule has 3 N–H and O–H groups in total. The van der Waals surface area contributed by atoms with Gasteiger partial charge in [0, 0.05) is 50.9 Å². The normalized spacial score (nSPS) is 18.3. The largest absolute Gasteiger partial charge is 0.465 e. The lowest BCUT2D eigenvalue weighted by atomic mass is 9.84. The number of benzene rings is 2. The molecule has 14 heteroatoms. The van der Waals surface area contributed by atoms with Crippen LogP contribution in [-0.4, -0.2) is 77.5 Å². The Kier molecular flexibility index (Phi) is 10.6. The van der Waals surface area contributed by atoms with Crippen LogP contribution in [0.15, 0.2) is 48.7 Å². The van der Waals surface area contributed by atoms with Gasteiger partial charge in [0.15, 0.2) is 0 Å². The first-order valence-corrected chi connectivity index (χ1v) is 14.9. The number of carbonyl (C=O) groups excluding carboxylic acids is 1. The maximum Gasteiger partial charge on any atom is 0.407 e. The number of hydrogen-bond acceptors (Lipinski definition) is 8. The van der Waals surface area contributed by atoms with Crippen molar-refractivity contribution in [1.29, 1.82) is 0 Å². The predicted molar refractivity (Wildman–Crippen MR) is 176 cm³/mol. The summed E-state index contributed by atoms with van der Waals surface area (Å²) in [6.07, 6.45) is 1.86. The Morgan fingerprint density at radius 2 is 1.89 bits per heavy atom. The molecule has 3 aromatic rings. The van der Waals surface area contributed by atoms with Crippen LogP contribution in [0.3, 0.4) is 0 Å². The number of halogens is 3. The lowest BCUT2D eigenvalue weighted by Crippen LogP contribution is -2.59.